The van der Waals surface area contributed by atoms with Crippen LogP contribution in [0.4, 0.5) is 0 Å². The van der Waals surface area contributed by atoms with Crippen LogP contribution in [-0.2, 0) is 16.0 Å². The molecule has 6 nitrogen and oxygen atoms in total. The van der Waals surface area contributed by atoms with Crippen molar-refractivity contribution in [2.75, 3.05) is 27.2 Å². The van der Waals surface area contributed by atoms with Gasteiger partial charge in [-0.05, 0) is 37.6 Å². The van der Waals surface area contributed by atoms with E-state index in [2.05, 4.69) is 5.32 Å². The zero-order chi connectivity index (χ0) is 16.1. The van der Waals surface area contributed by atoms with Gasteiger partial charge in [-0.3, -0.25) is 14.5 Å². The molecule has 0 saturated carbocycles. The van der Waals surface area contributed by atoms with E-state index in [0.29, 0.717) is 18.5 Å². The quantitative estimate of drug-likeness (QED) is 0.784. The van der Waals surface area contributed by atoms with Crippen LogP contribution in [0.15, 0.2) is 24.3 Å². The number of likely N-dealkylation sites (N-methyl/N-ethyl adjacent to an activating group) is 1. The summed E-state index contributed by atoms with van der Waals surface area (Å²) in [6.45, 7) is 1.30. The van der Waals surface area contributed by atoms with Crippen molar-refractivity contribution >= 4 is 11.8 Å². The van der Waals surface area contributed by atoms with E-state index in [0.717, 1.165) is 18.5 Å². The van der Waals surface area contributed by atoms with E-state index in [1.165, 1.54) is 0 Å². The van der Waals surface area contributed by atoms with Gasteiger partial charge in [0.1, 0.15) is 0 Å². The van der Waals surface area contributed by atoms with E-state index in [1.807, 2.05) is 18.0 Å². The Hall–Kier alpha value is -1.92. The van der Waals surface area contributed by atoms with Gasteiger partial charge in [0.2, 0.25) is 11.8 Å². The van der Waals surface area contributed by atoms with Gasteiger partial charge >= 0.3 is 0 Å². The number of hydrogen-bond donors (Lipinski definition) is 2. The summed E-state index contributed by atoms with van der Waals surface area (Å²) in [5.41, 5.74) is 6.72. The Morgan fingerprint density at radius 2 is 2.23 bits per heavy atom. The molecule has 2 atom stereocenters. The maximum atomic E-state index is 12.2. The molecule has 1 aromatic carbocycles. The van der Waals surface area contributed by atoms with Crippen LogP contribution in [0.5, 0.6) is 0 Å². The number of nitrogens with one attached hydrogen (secondary N) is 1. The number of methoxy groups -OCH3 is 1. The fourth-order valence-corrected chi connectivity index (χ4v) is 2.76. The van der Waals surface area contributed by atoms with Crippen LogP contribution in [-0.4, -0.2) is 56.1 Å². The Kier molecular flexibility index (Phi) is 5.51. The number of carbonyl (C=O) groups excluding carboxylic acids is 2. The molecule has 0 spiro atoms. The summed E-state index contributed by atoms with van der Waals surface area (Å²) in [7, 11) is 3.60. The topological polar surface area (TPSA) is 84.7 Å². The van der Waals surface area contributed by atoms with E-state index in [-0.39, 0.29) is 18.1 Å². The first-order valence-corrected chi connectivity index (χ1v) is 7.40. The largest absolute Gasteiger partial charge is 0.380 e. The van der Waals surface area contributed by atoms with E-state index in [9.17, 15) is 9.59 Å². The number of amides is 2. The fraction of sp³-hybridized carbons (Fsp3) is 0.500. The average molecular weight is 305 g/mol. The molecule has 0 unspecified atom stereocenters. The number of nitrogens with zero attached hydrogens (tertiary/aromatic N) is 1. The number of hydrogen-bond acceptors (Lipinski definition) is 4. The first kappa shape index (κ1) is 16.5. The molecule has 0 radical (unpaired) electrons. The molecule has 0 aromatic heterocycles. The Bertz CT molecular complexity index is 547. The summed E-state index contributed by atoms with van der Waals surface area (Å²) in [4.78, 5) is 25.4. The molecule has 2 rings (SSSR count). The Balaban J connectivity index is 1.82. The molecule has 22 heavy (non-hydrogen) atoms. The Labute approximate surface area is 130 Å². The Morgan fingerprint density at radius 3 is 2.86 bits per heavy atom. The molecule has 1 saturated heterocycles. The highest BCUT2D eigenvalue weighted by atomic mass is 16.5. The van der Waals surface area contributed by atoms with Gasteiger partial charge in [0.15, 0.2) is 0 Å². The van der Waals surface area contributed by atoms with Crippen LogP contribution in [0.3, 0.4) is 0 Å². The van der Waals surface area contributed by atoms with Crippen LogP contribution in [0.2, 0.25) is 0 Å². The highest BCUT2D eigenvalue weighted by Gasteiger charge is 2.34. The summed E-state index contributed by atoms with van der Waals surface area (Å²) in [5, 5.41) is 2.94. The number of nitrogens with two attached hydrogens (primary N) is 1. The van der Waals surface area contributed by atoms with Crippen LogP contribution >= 0.6 is 0 Å². The number of likely N-dealkylation sites (tertiary alicyclic amines) is 1. The summed E-state index contributed by atoms with van der Waals surface area (Å²) in [6, 6.07) is 7.02. The summed E-state index contributed by atoms with van der Waals surface area (Å²) >= 11 is 0. The van der Waals surface area contributed by atoms with Gasteiger partial charge in [0, 0.05) is 25.8 Å². The average Bonchev–Trinajstić information content (AvgIpc) is 2.88. The Morgan fingerprint density at radius 1 is 1.45 bits per heavy atom. The van der Waals surface area contributed by atoms with Crippen LogP contribution < -0.4 is 11.1 Å². The van der Waals surface area contributed by atoms with E-state index in [4.69, 9.17) is 10.5 Å². The summed E-state index contributed by atoms with van der Waals surface area (Å²) in [5.74, 6) is -0.419. The van der Waals surface area contributed by atoms with E-state index >= 15 is 0 Å². The standard InChI is InChI=1S/C16H23N3O3/c1-19-10-13(22-2)9-14(19)16(21)18-7-6-11-4-3-5-12(8-11)15(17)20/h3-5,8,13-14H,6-7,9-10H2,1-2H3,(H2,17,20)(H,18,21)/t13-,14-/m0/s1. The molecule has 1 aliphatic rings. The van der Waals surface area contributed by atoms with Gasteiger partial charge in [-0.25, -0.2) is 0 Å². The number of carbonyl (C=O) groups is 2. The molecule has 1 aliphatic heterocycles. The van der Waals surface area contributed by atoms with E-state index in [1.54, 1.807) is 25.3 Å². The van der Waals surface area contributed by atoms with Crippen molar-refractivity contribution in [3.63, 3.8) is 0 Å². The van der Waals surface area contributed by atoms with E-state index < -0.39 is 5.91 Å². The van der Waals surface area contributed by atoms with Crippen molar-refractivity contribution in [1.29, 1.82) is 0 Å². The molecule has 120 valence electrons. The SMILES string of the molecule is CO[C@H]1C[C@@H](C(=O)NCCc2cccc(C(N)=O)c2)N(C)C1. The minimum atomic E-state index is -0.441. The number of ether oxygens (including phenoxy) is 1. The van der Waals surface area contributed by atoms with Gasteiger partial charge < -0.3 is 15.8 Å². The monoisotopic (exact) mass is 305 g/mol. The second kappa shape index (κ2) is 7.38. The molecule has 1 aromatic rings. The second-order valence-corrected chi connectivity index (χ2v) is 5.65. The molecule has 3 N–H and O–H groups in total. The van der Waals surface area contributed by atoms with Crippen molar-refractivity contribution < 1.29 is 14.3 Å². The molecule has 1 heterocycles. The number of benzene rings is 1. The molecule has 6 heteroatoms. The van der Waals surface area contributed by atoms with Crippen molar-refractivity contribution in [2.45, 2.75) is 25.0 Å². The fourth-order valence-electron chi connectivity index (χ4n) is 2.76. The predicted molar refractivity (Wildman–Crippen MR) is 83.5 cm³/mol. The molecule has 0 aliphatic carbocycles. The lowest BCUT2D eigenvalue weighted by Crippen LogP contribution is -2.42. The lowest BCUT2D eigenvalue weighted by atomic mass is 10.1. The highest BCUT2D eigenvalue weighted by Crippen LogP contribution is 2.18. The van der Waals surface area contributed by atoms with Crippen LogP contribution in [0.1, 0.15) is 22.3 Å². The van der Waals surface area contributed by atoms with Gasteiger partial charge in [-0.15, -0.1) is 0 Å². The zero-order valence-electron chi connectivity index (χ0n) is 13.0. The molecule has 1 fully saturated rings. The lowest BCUT2D eigenvalue weighted by Gasteiger charge is -2.18. The van der Waals surface area contributed by atoms with Crippen molar-refractivity contribution in [3.8, 4) is 0 Å². The number of primary amides is 1. The van der Waals surface area contributed by atoms with Crippen molar-refractivity contribution in [2.24, 2.45) is 5.73 Å². The molecule has 0 bridgehead atoms. The summed E-state index contributed by atoms with van der Waals surface area (Å²) < 4.78 is 5.31. The maximum absolute atomic E-state index is 12.2. The smallest absolute Gasteiger partial charge is 0.248 e. The first-order valence-electron chi connectivity index (χ1n) is 7.40. The van der Waals surface area contributed by atoms with Crippen molar-refractivity contribution in [1.82, 2.24) is 10.2 Å². The maximum Gasteiger partial charge on any atom is 0.248 e. The van der Waals surface area contributed by atoms with Gasteiger partial charge in [-0.1, -0.05) is 12.1 Å². The minimum absolute atomic E-state index is 0.0214. The molecular formula is C16H23N3O3. The highest BCUT2D eigenvalue weighted by molar-refractivity contribution is 5.92. The van der Waals surface area contributed by atoms with Gasteiger partial charge in [-0.2, -0.15) is 0 Å². The number of rotatable bonds is 6. The predicted octanol–water partition coefficient (Wildman–Crippen LogP) is 0.163. The second-order valence-electron chi connectivity index (χ2n) is 5.65. The third kappa shape index (κ3) is 4.05. The third-order valence-electron chi connectivity index (χ3n) is 4.07. The van der Waals surface area contributed by atoms with Crippen LogP contribution in [0, 0.1) is 0 Å². The van der Waals surface area contributed by atoms with Crippen LogP contribution in [0.25, 0.3) is 0 Å². The molecular weight excluding hydrogens is 282 g/mol. The molecule has 2 amide bonds. The minimum Gasteiger partial charge on any atom is -0.380 e. The van der Waals surface area contributed by atoms with Crippen molar-refractivity contribution in [3.05, 3.63) is 35.4 Å². The normalized spacial score (nSPS) is 21.7. The van der Waals surface area contributed by atoms with Gasteiger partial charge in [0.25, 0.3) is 0 Å². The zero-order valence-corrected chi connectivity index (χ0v) is 13.0. The third-order valence-corrected chi connectivity index (χ3v) is 4.07. The first-order chi connectivity index (χ1) is 10.5. The summed E-state index contributed by atoms with van der Waals surface area (Å²) in [6.07, 6.45) is 1.50. The lowest BCUT2D eigenvalue weighted by molar-refractivity contribution is -0.125. The van der Waals surface area contributed by atoms with Gasteiger partial charge in [0.05, 0.1) is 12.1 Å².